The molecular weight excluding hydrogens is 450 g/mol. The molecule has 178 valence electrons. The van der Waals surface area contributed by atoms with Gasteiger partial charge in [0.15, 0.2) is 0 Å². The number of hydrogen-bond acceptors (Lipinski definition) is 5. The van der Waals surface area contributed by atoms with Gasteiger partial charge in [0, 0.05) is 43.1 Å². The summed E-state index contributed by atoms with van der Waals surface area (Å²) in [4.78, 5) is 17.3. The van der Waals surface area contributed by atoms with E-state index in [0.717, 1.165) is 13.1 Å². The molecule has 7 nitrogen and oxygen atoms in total. The quantitative estimate of drug-likeness (QED) is 0.577. The van der Waals surface area contributed by atoms with Crippen LogP contribution in [0.3, 0.4) is 0 Å². The van der Waals surface area contributed by atoms with Crippen molar-refractivity contribution in [3.05, 3.63) is 83.4 Å². The summed E-state index contributed by atoms with van der Waals surface area (Å²) in [6, 6.07) is 19.1. The number of anilines is 2. The standard InChI is InChI=1S/C26H29N3O4S/c1-19-6-4-9-25(20(19)2)28-14-16-29(17-15-28)26(30)21-7-5-8-24(18-21)34(31,32)27-22-10-12-23(33-3)13-11-22/h4-13,18,27H,14-17H2,1-3H3. The van der Waals surface area contributed by atoms with E-state index >= 15 is 0 Å². The van der Waals surface area contributed by atoms with Crippen molar-refractivity contribution in [1.82, 2.24) is 4.90 Å². The summed E-state index contributed by atoms with van der Waals surface area (Å²) in [5.41, 5.74) is 4.48. The lowest BCUT2D eigenvalue weighted by molar-refractivity contribution is 0.0746. The maximum atomic E-state index is 13.2. The molecule has 1 amide bonds. The first-order valence-corrected chi connectivity index (χ1v) is 12.6. The SMILES string of the molecule is COc1ccc(NS(=O)(=O)c2cccc(C(=O)N3CCN(c4cccc(C)c4C)CC3)c2)cc1. The lowest BCUT2D eigenvalue weighted by Crippen LogP contribution is -2.49. The van der Waals surface area contributed by atoms with Gasteiger partial charge in [-0.2, -0.15) is 0 Å². The van der Waals surface area contributed by atoms with Crippen LogP contribution in [0.25, 0.3) is 0 Å². The molecule has 0 aliphatic carbocycles. The Labute approximate surface area is 201 Å². The molecule has 0 spiro atoms. The summed E-state index contributed by atoms with van der Waals surface area (Å²) in [5.74, 6) is 0.468. The first-order valence-electron chi connectivity index (χ1n) is 11.2. The summed E-state index contributed by atoms with van der Waals surface area (Å²) in [5, 5.41) is 0. The van der Waals surface area contributed by atoms with E-state index in [-0.39, 0.29) is 10.8 Å². The normalized spacial score (nSPS) is 14.1. The minimum absolute atomic E-state index is 0.0446. The van der Waals surface area contributed by atoms with Crippen LogP contribution >= 0.6 is 0 Å². The van der Waals surface area contributed by atoms with Crippen LogP contribution in [0.1, 0.15) is 21.5 Å². The number of sulfonamides is 1. The predicted molar refractivity (Wildman–Crippen MR) is 134 cm³/mol. The lowest BCUT2D eigenvalue weighted by Gasteiger charge is -2.37. The summed E-state index contributed by atoms with van der Waals surface area (Å²) >= 11 is 0. The van der Waals surface area contributed by atoms with Crippen LogP contribution in [-0.2, 0) is 10.0 Å². The summed E-state index contributed by atoms with van der Waals surface area (Å²) in [6.45, 7) is 6.83. The van der Waals surface area contributed by atoms with Crippen LogP contribution in [0.5, 0.6) is 5.75 Å². The average Bonchev–Trinajstić information content (AvgIpc) is 2.86. The van der Waals surface area contributed by atoms with Gasteiger partial charge >= 0.3 is 0 Å². The van der Waals surface area contributed by atoms with E-state index in [9.17, 15) is 13.2 Å². The molecule has 3 aromatic carbocycles. The van der Waals surface area contributed by atoms with Crippen molar-refractivity contribution in [3.63, 3.8) is 0 Å². The first-order chi connectivity index (χ1) is 16.3. The van der Waals surface area contributed by atoms with Crippen LogP contribution in [0, 0.1) is 13.8 Å². The van der Waals surface area contributed by atoms with Crippen molar-refractivity contribution >= 4 is 27.3 Å². The smallest absolute Gasteiger partial charge is 0.261 e. The Kier molecular flexibility index (Phi) is 6.79. The largest absolute Gasteiger partial charge is 0.497 e. The molecule has 1 saturated heterocycles. The molecule has 1 fully saturated rings. The molecule has 1 heterocycles. The van der Waals surface area contributed by atoms with Gasteiger partial charge < -0.3 is 14.5 Å². The van der Waals surface area contributed by atoms with Gasteiger partial charge in [-0.3, -0.25) is 9.52 Å². The molecule has 0 bridgehead atoms. The second-order valence-electron chi connectivity index (χ2n) is 8.36. The van der Waals surface area contributed by atoms with Gasteiger partial charge in [0.1, 0.15) is 5.75 Å². The van der Waals surface area contributed by atoms with Crippen LogP contribution in [0.15, 0.2) is 71.6 Å². The van der Waals surface area contributed by atoms with Crippen molar-refractivity contribution in [3.8, 4) is 5.75 Å². The van der Waals surface area contributed by atoms with Crippen LogP contribution in [-0.4, -0.2) is 52.5 Å². The highest BCUT2D eigenvalue weighted by Crippen LogP contribution is 2.25. The van der Waals surface area contributed by atoms with Gasteiger partial charge in [0.25, 0.3) is 15.9 Å². The van der Waals surface area contributed by atoms with Crippen LogP contribution in [0.4, 0.5) is 11.4 Å². The summed E-state index contributed by atoms with van der Waals surface area (Å²) < 4.78 is 33.4. The third-order valence-corrected chi connectivity index (χ3v) is 7.60. The fraction of sp³-hybridized carbons (Fsp3) is 0.269. The molecule has 0 saturated carbocycles. The van der Waals surface area contributed by atoms with Crippen molar-refractivity contribution < 1.29 is 17.9 Å². The number of rotatable bonds is 6. The molecule has 1 aliphatic heterocycles. The first kappa shape index (κ1) is 23.6. The Bertz CT molecular complexity index is 1280. The molecule has 0 radical (unpaired) electrons. The molecule has 1 aliphatic rings. The summed E-state index contributed by atoms with van der Waals surface area (Å²) in [7, 11) is -2.30. The lowest BCUT2D eigenvalue weighted by atomic mass is 10.1. The fourth-order valence-corrected chi connectivity index (χ4v) is 5.18. The van der Waals surface area contributed by atoms with E-state index in [1.807, 2.05) is 0 Å². The average molecular weight is 480 g/mol. The number of piperazine rings is 1. The zero-order valence-electron chi connectivity index (χ0n) is 19.6. The van der Waals surface area contributed by atoms with Gasteiger partial charge in [0.05, 0.1) is 12.0 Å². The molecule has 4 rings (SSSR count). The van der Waals surface area contributed by atoms with E-state index in [4.69, 9.17) is 4.74 Å². The number of carbonyl (C=O) groups is 1. The van der Waals surface area contributed by atoms with E-state index in [0.29, 0.717) is 30.1 Å². The molecule has 8 heteroatoms. The molecule has 34 heavy (non-hydrogen) atoms. The second-order valence-corrected chi connectivity index (χ2v) is 10.0. The number of carbonyl (C=O) groups excluding carboxylic acids is 1. The van der Waals surface area contributed by atoms with E-state index < -0.39 is 10.0 Å². The number of benzene rings is 3. The maximum absolute atomic E-state index is 13.2. The predicted octanol–water partition coefficient (Wildman–Crippen LogP) is 4.08. The summed E-state index contributed by atoms with van der Waals surface area (Å²) in [6.07, 6.45) is 0. The van der Waals surface area contributed by atoms with Crippen molar-refractivity contribution in [2.24, 2.45) is 0 Å². The highest BCUT2D eigenvalue weighted by atomic mass is 32.2. The van der Waals surface area contributed by atoms with E-state index in [1.54, 1.807) is 48.4 Å². The molecule has 3 aromatic rings. The molecule has 1 N–H and O–H groups in total. The van der Waals surface area contributed by atoms with Gasteiger partial charge in [-0.25, -0.2) is 8.42 Å². The number of nitrogens with one attached hydrogen (secondary N) is 1. The molecular formula is C26H29N3O4S. The molecule has 0 atom stereocenters. The zero-order chi connectivity index (χ0) is 24.3. The minimum Gasteiger partial charge on any atom is -0.497 e. The maximum Gasteiger partial charge on any atom is 0.261 e. The number of hydrogen-bond donors (Lipinski definition) is 1. The monoisotopic (exact) mass is 479 g/mol. The van der Waals surface area contributed by atoms with Crippen LogP contribution < -0.4 is 14.4 Å². The third-order valence-electron chi connectivity index (χ3n) is 6.22. The van der Waals surface area contributed by atoms with Crippen molar-refractivity contribution in [2.75, 3.05) is 42.9 Å². The highest BCUT2D eigenvalue weighted by molar-refractivity contribution is 7.92. The Hall–Kier alpha value is -3.52. The second kappa shape index (κ2) is 9.77. The minimum atomic E-state index is -3.84. The third kappa shape index (κ3) is 5.02. The highest BCUT2D eigenvalue weighted by Gasteiger charge is 2.24. The number of ether oxygens (including phenoxy) is 1. The zero-order valence-corrected chi connectivity index (χ0v) is 20.4. The Morgan fingerprint density at radius 2 is 1.59 bits per heavy atom. The Morgan fingerprint density at radius 1 is 0.912 bits per heavy atom. The van der Waals surface area contributed by atoms with Crippen molar-refractivity contribution in [2.45, 2.75) is 18.7 Å². The molecule has 0 unspecified atom stereocenters. The van der Waals surface area contributed by atoms with Crippen LogP contribution in [0.2, 0.25) is 0 Å². The molecule has 0 aromatic heterocycles. The number of amides is 1. The number of nitrogens with zero attached hydrogens (tertiary/aromatic N) is 2. The Balaban J connectivity index is 1.45. The van der Waals surface area contributed by atoms with Gasteiger partial charge in [0.2, 0.25) is 0 Å². The van der Waals surface area contributed by atoms with Gasteiger partial charge in [-0.05, 0) is 73.5 Å². The topological polar surface area (TPSA) is 78.9 Å². The fourth-order valence-electron chi connectivity index (χ4n) is 4.08. The van der Waals surface area contributed by atoms with E-state index in [2.05, 4.69) is 41.7 Å². The number of aryl methyl sites for hydroxylation is 1. The van der Waals surface area contributed by atoms with Gasteiger partial charge in [-0.1, -0.05) is 18.2 Å². The van der Waals surface area contributed by atoms with Gasteiger partial charge in [-0.15, -0.1) is 0 Å². The Morgan fingerprint density at radius 3 is 2.26 bits per heavy atom. The van der Waals surface area contributed by atoms with Crippen molar-refractivity contribution in [1.29, 1.82) is 0 Å². The number of methoxy groups -OCH3 is 1. The van der Waals surface area contributed by atoms with E-state index in [1.165, 1.54) is 28.9 Å².